The van der Waals surface area contributed by atoms with Gasteiger partial charge in [-0.05, 0) is 138 Å². The molecular formula is C89H76N20O24S11. The van der Waals surface area contributed by atoms with Crippen LogP contribution in [0.1, 0.15) is 135 Å². The summed E-state index contributed by atoms with van der Waals surface area (Å²) in [4.78, 5) is 208. The molecule has 0 aliphatic rings. The molecule has 16 aromatic heterocycles. The number of benzene rings is 1. The highest BCUT2D eigenvalue weighted by Gasteiger charge is 2.28. The van der Waals surface area contributed by atoms with E-state index in [0.717, 1.165) is 66.2 Å². The van der Waals surface area contributed by atoms with Crippen LogP contribution in [0.2, 0.25) is 0 Å². The molecule has 0 aliphatic carbocycles. The Morgan fingerprint density at radius 1 is 0.403 bits per heavy atom. The lowest BCUT2D eigenvalue weighted by atomic mass is 10.1. The van der Waals surface area contributed by atoms with Crippen molar-refractivity contribution in [2.24, 2.45) is 0 Å². The summed E-state index contributed by atoms with van der Waals surface area (Å²) in [5.41, 5.74) is 4.47. The van der Waals surface area contributed by atoms with Gasteiger partial charge in [-0.2, -0.15) is 0 Å². The number of pyridine rings is 5. The lowest BCUT2D eigenvalue weighted by molar-refractivity contribution is -0.144. The van der Waals surface area contributed by atoms with Crippen molar-refractivity contribution in [2.45, 2.75) is 49.7 Å². The van der Waals surface area contributed by atoms with Crippen molar-refractivity contribution in [2.75, 3.05) is 84.6 Å². The molecule has 0 bridgehead atoms. The molecule has 0 saturated heterocycles. The monoisotopic (exact) mass is 2160 g/mol. The predicted molar refractivity (Wildman–Crippen MR) is 541 cm³/mol. The number of ketones is 1. The summed E-state index contributed by atoms with van der Waals surface area (Å²) in [6.07, 6.45) is 12.2. The molecule has 0 aliphatic heterocycles. The zero-order valence-electron chi connectivity index (χ0n) is 75.4. The Balaban J connectivity index is 0.000000151. The second kappa shape index (κ2) is 49.7. The third-order valence-electron chi connectivity index (χ3n) is 18.4. The summed E-state index contributed by atoms with van der Waals surface area (Å²) >= 11 is 10.8. The number of methoxy groups -OCH3 is 1. The zero-order chi connectivity index (χ0) is 103. The maximum Gasteiger partial charge on any atom is 0.414 e. The van der Waals surface area contributed by atoms with Gasteiger partial charge in [0.25, 0.3) is 53.2 Å². The van der Waals surface area contributed by atoms with Crippen LogP contribution in [-0.2, 0) is 59.5 Å². The third-order valence-corrected chi connectivity index (χ3v) is 28.4. The molecule has 0 fully saturated rings. The molecule has 0 spiro atoms. The van der Waals surface area contributed by atoms with Crippen molar-refractivity contribution in [1.82, 2.24) is 69.6 Å². The summed E-state index contributed by atoms with van der Waals surface area (Å²) in [6, 6.07) is 32.0. The van der Waals surface area contributed by atoms with Gasteiger partial charge in [0.1, 0.15) is 72.8 Å². The summed E-state index contributed by atoms with van der Waals surface area (Å²) in [6.45, 7) is 5.95. The van der Waals surface area contributed by atoms with Gasteiger partial charge in [-0.15, -0.1) is 102 Å². The Morgan fingerprint density at radius 2 is 0.854 bits per heavy atom. The quantitative estimate of drug-likeness (QED) is 0.00664. The molecule has 55 heteroatoms. The second-order valence-electron chi connectivity index (χ2n) is 29.0. The summed E-state index contributed by atoms with van der Waals surface area (Å²) in [7, 11) is -5.35. The molecule has 16 heterocycles. The number of imidazole rings is 2. The van der Waals surface area contributed by atoms with Crippen molar-refractivity contribution in [3.63, 3.8) is 0 Å². The zero-order valence-corrected chi connectivity index (χ0v) is 84.3. The number of esters is 1. The first-order chi connectivity index (χ1) is 69.1. The average Bonchev–Trinajstić information content (AvgIpc) is 1.66. The van der Waals surface area contributed by atoms with Gasteiger partial charge < -0.3 is 63.8 Å². The van der Waals surface area contributed by atoms with Gasteiger partial charge in [0.2, 0.25) is 0 Å². The van der Waals surface area contributed by atoms with E-state index in [1.54, 1.807) is 108 Å². The minimum atomic E-state index is -3.41. The van der Waals surface area contributed by atoms with E-state index in [1.165, 1.54) is 151 Å². The highest BCUT2D eigenvalue weighted by atomic mass is 32.2. The number of alkyl carbamates (subject to hydrolysis) is 3. The van der Waals surface area contributed by atoms with Gasteiger partial charge in [0.05, 0.1) is 90.4 Å². The number of sulfone groups is 2. The number of thiazole rings is 4. The average molecular weight is 2160 g/mol. The molecule has 1 aromatic carbocycles. The molecule has 12 amide bonds. The fourth-order valence-electron chi connectivity index (χ4n) is 11.8. The van der Waals surface area contributed by atoms with Crippen LogP contribution < -0.4 is 47.9 Å². The largest absolute Gasteiger partial charge is 0.463 e. The van der Waals surface area contributed by atoms with E-state index in [2.05, 4.69) is 97.4 Å². The van der Waals surface area contributed by atoms with Gasteiger partial charge in [0.15, 0.2) is 56.9 Å². The van der Waals surface area contributed by atoms with Crippen molar-refractivity contribution in [3.05, 3.63) is 263 Å². The number of aromatic nitrogens is 11. The Labute approximate surface area is 849 Å². The highest BCUT2D eigenvalue weighted by Crippen LogP contribution is 2.33. The summed E-state index contributed by atoms with van der Waals surface area (Å²) in [5.74, 6) is -5.96. The number of rotatable bonds is 30. The van der Waals surface area contributed by atoms with Gasteiger partial charge in [-0.1, -0.05) is 30.3 Å². The predicted octanol–water partition coefficient (Wildman–Crippen LogP) is 14.8. The smallest absolute Gasteiger partial charge is 0.414 e. The van der Waals surface area contributed by atoms with E-state index in [0.29, 0.717) is 65.4 Å². The van der Waals surface area contributed by atoms with E-state index in [-0.39, 0.29) is 108 Å². The number of thiophene rings is 5. The normalized spacial score (nSPS) is 11.0. The molecule has 0 unspecified atom stereocenters. The molecule has 144 heavy (non-hydrogen) atoms. The first-order valence-corrected chi connectivity index (χ1v) is 53.1. The number of nitrogens with zero attached hydrogens (tertiary/aromatic N) is 11. The molecular weight excluding hydrogens is 2090 g/mol. The van der Waals surface area contributed by atoms with E-state index in [1.807, 2.05) is 48.5 Å². The highest BCUT2D eigenvalue weighted by molar-refractivity contribution is 7.91. The van der Waals surface area contributed by atoms with Crippen LogP contribution in [0.3, 0.4) is 0 Å². The topological polar surface area (TPSA) is 596 Å². The van der Waals surface area contributed by atoms with E-state index in [4.69, 9.17) is 23.7 Å². The number of anilines is 6. The van der Waals surface area contributed by atoms with Crippen molar-refractivity contribution >= 4 is 277 Å². The maximum absolute atomic E-state index is 12.6. The molecule has 742 valence electrons. The van der Waals surface area contributed by atoms with Crippen LogP contribution in [0.15, 0.2) is 213 Å². The number of hydrogen-bond acceptors (Lipinski definition) is 42. The van der Waals surface area contributed by atoms with Crippen LogP contribution in [0.25, 0.3) is 42.2 Å². The summed E-state index contributed by atoms with van der Waals surface area (Å²) < 4.78 is 81.6. The standard InChI is InChI=1S/C23H19N3O5S2.C18H18N4O6S2.C17H16N4O6S2.C16H14N4O5S2.C15H9N5O2S3/c27-17(13-19(28)31-11-10-30-14-15-5-2-1-3-6-15)16-8-12-32-22(16)26-21(29)23-25-20-18(33-23)7-4-9-24-20;1-10(2)28-18(25)21-15(23)12-6-7-29-17(12)20-16(24)13-9-22-8-11(30(3,26)27)4-5-14(22)19-13;1-3-27-17(24)20-14(22)11-6-7-28-16(11)19-15(23)12-9-21-8-10(29(2,25)26)4-5-13(21)18-12;1-24-6-7-25-16(23)20-12(21)9-4-8-26-14(9)19-13(22)15-18-11-10(27-15)3-2-5-17-11;21-11(20-15-17-4-6-24-15)8-2-5-23-13(8)19-12(22)14-18-9-7-16-3-1-10(9)25-14/h1-9,12H,10-11,13-14H2,(H,26,29);4-10H,1-3H3,(H,20,24)(H,21,23,25);4-9H,3H2,1-2H3,(H,19,23)(H,20,22,24);2-5,8H,6-7H2,1H3,(H,19,22)(H,20,21,23);1-7H,(H,19,22)(H,17,20,21). The first-order valence-electron chi connectivity index (χ1n) is 41.6. The lowest BCUT2D eigenvalue weighted by Gasteiger charge is -2.09. The molecule has 17 aromatic rings. The van der Waals surface area contributed by atoms with Crippen LogP contribution in [-0.4, -0.2) is 212 Å². The number of ether oxygens (including phenoxy) is 6. The number of nitrogens with one attached hydrogen (secondary N) is 9. The Morgan fingerprint density at radius 3 is 1.31 bits per heavy atom. The molecule has 0 radical (unpaired) electrons. The Kier molecular flexibility index (Phi) is 36.5. The molecule has 17 rings (SSSR count). The molecule has 0 atom stereocenters. The molecule has 0 saturated carbocycles. The molecule has 44 nitrogen and oxygen atoms in total. The van der Waals surface area contributed by atoms with Gasteiger partial charge in [-0.25, -0.2) is 71.1 Å². The number of carbonyl (C=O) groups excluding carboxylic acids is 14. The number of Topliss-reactive ketones (excluding diaryl/α,β-unsaturated/α-hetero) is 1. The van der Waals surface area contributed by atoms with E-state index >= 15 is 0 Å². The van der Waals surface area contributed by atoms with Crippen molar-refractivity contribution in [3.8, 4) is 0 Å². The SMILES string of the molecule is CC(C)OC(=O)NC(=O)c1ccsc1NC(=O)c1cn2cc(S(C)(=O)=O)ccc2n1.CCOC(=O)NC(=O)c1ccsc1NC(=O)c1cn2cc(S(C)(=O)=O)ccc2n1.COCCOC(=O)NC(=O)c1ccsc1NC(=O)c1nc2ncccc2s1.O=C(CC(=O)c1ccsc1NC(=O)c1nc2ncccc2s1)OCCOCc1ccccc1.O=C(Nc1sccc1C(=O)Nc1nccs1)c1nc2cnccc2s1. The van der Waals surface area contributed by atoms with E-state index < -0.39 is 104 Å². The van der Waals surface area contributed by atoms with Crippen LogP contribution in [0, 0.1) is 0 Å². The second-order valence-corrected chi connectivity index (χ2v) is 41.6. The summed E-state index contributed by atoms with van der Waals surface area (Å²) in [5, 5.41) is 35.0. The number of fused-ring (bicyclic) bond motifs is 5. The first kappa shape index (κ1) is 106. The Bertz CT molecular complexity index is 7780. The third kappa shape index (κ3) is 29.3. The van der Waals surface area contributed by atoms with Crippen molar-refractivity contribution in [1.29, 1.82) is 0 Å². The Hall–Kier alpha value is -15.6. The minimum Gasteiger partial charge on any atom is -0.463 e. The van der Waals surface area contributed by atoms with Gasteiger partial charge >= 0.3 is 24.2 Å². The van der Waals surface area contributed by atoms with Gasteiger partial charge in [-0.3, -0.25) is 79.0 Å². The van der Waals surface area contributed by atoms with Crippen LogP contribution >= 0.6 is 102 Å². The van der Waals surface area contributed by atoms with Crippen molar-refractivity contribution < 1.29 is 112 Å². The number of amides is 12. The van der Waals surface area contributed by atoms with Crippen LogP contribution in [0.4, 0.5) is 44.5 Å². The van der Waals surface area contributed by atoms with E-state index in [9.17, 15) is 84.0 Å². The number of imide groups is 3. The number of carbonyl (C=O) groups is 14. The lowest BCUT2D eigenvalue weighted by Crippen LogP contribution is -2.32. The molecule has 9 N–H and O–H groups in total. The van der Waals surface area contributed by atoms with Crippen LogP contribution in [0.5, 0.6) is 0 Å². The fraction of sp³-hybridized carbons (Fsp3) is 0.157. The fourth-order valence-corrected chi connectivity index (χ4v) is 20.0. The maximum atomic E-state index is 12.6. The minimum absolute atomic E-state index is 0.0223. The van der Waals surface area contributed by atoms with Gasteiger partial charge in [0, 0.05) is 74.6 Å². The number of hydrogen-bond donors (Lipinski definition) is 9.